The average Bonchev–Trinajstić information content (AvgIpc) is 2.87. The van der Waals surface area contributed by atoms with Crippen LogP contribution in [0.3, 0.4) is 0 Å². The largest absolute Gasteiger partial charge is 0.495 e. The van der Waals surface area contributed by atoms with Gasteiger partial charge in [0.15, 0.2) is 0 Å². The monoisotopic (exact) mass is 364 g/mol. The van der Waals surface area contributed by atoms with E-state index < -0.39 is 18.3 Å². The third kappa shape index (κ3) is 3.99. The molecule has 0 radical (unpaired) electrons. The lowest BCUT2D eigenvalue weighted by atomic mass is 9.73. The van der Waals surface area contributed by atoms with Crippen LogP contribution in [-0.2, 0) is 14.0 Å². The lowest BCUT2D eigenvalue weighted by Gasteiger charge is -2.32. The molecule has 0 aliphatic carbocycles. The number of ether oxygens (including phenoxy) is 1. The van der Waals surface area contributed by atoms with E-state index in [4.69, 9.17) is 14.0 Å². The van der Waals surface area contributed by atoms with Crippen molar-refractivity contribution in [2.45, 2.75) is 38.9 Å². The van der Waals surface area contributed by atoms with Gasteiger partial charge in [0.2, 0.25) is 0 Å². The van der Waals surface area contributed by atoms with E-state index in [0.717, 1.165) is 16.6 Å². The van der Waals surface area contributed by atoms with Crippen LogP contribution in [-0.4, -0.2) is 31.4 Å². The van der Waals surface area contributed by atoms with Gasteiger partial charge >= 0.3 is 13.1 Å². The lowest BCUT2D eigenvalue weighted by molar-refractivity contribution is 0.00578. The molecule has 2 aromatic carbocycles. The van der Waals surface area contributed by atoms with Crippen LogP contribution in [0, 0.1) is 0 Å². The second-order valence-electron chi connectivity index (χ2n) is 7.67. The third-order valence-electron chi connectivity index (χ3n) is 5.27. The van der Waals surface area contributed by atoms with E-state index in [2.05, 4.69) is 6.08 Å². The minimum absolute atomic E-state index is 0.356. The van der Waals surface area contributed by atoms with E-state index >= 15 is 0 Å². The Morgan fingerprint density at radius 3 is 1.93 bits per heavy atom. The number of carbonyl (C=O) groups is 1. The summed E-state index contributed by atoms with van der Waals surface area (Å²) >= 11 is 0. The molecule has 0 aromatic heterocycles. The molecule has 1 saturated heterocycles. The molecule has 0 N–H and O–H groups in total. The molecule has 1 heterocycles. The molecule has 3 rings (SSSR count). The minimum Gasteiger partial charge on any atom is -0.465 e. The maximum Gasteiger partial charge on any atom is 0.495 e. The molecular formula is C22H25BO4. The van der Waals surface area contributed by atoms with Gasteiger partial charge in [-0.2, -0.15) is 0 Å². The van der Waals surface area contributed by atoms with Gasteiger partial charge in [-0.05, 0) is 56.4 Å². The smallest absolute Gasteiger partial charge is 0.465 e. The van der Waals surface area contributed by atoms with E-state index in [1.54, 1.807) is 12.1 Å². The van der Waals surface area contributed by atoms with Crippen molar-refractivity contribution >= 4 is 24.6 Å². The van der Waals surface area contributed by atoms with Crippen LogP contribution in [0.5, 0.6) is 0 Å². The molecule has 0 amide bonds. The first-order valence-electron chi connectivity index (χ1n) is 9.04. The third-order valence-corrected chi connectivity index (χ3v) is 5.27. The predicted octanol–water partition coefficient (Wildman–Crippen LogP) is 4.65. The van der Waals surface area contributed by atoms with Gasteiger partial charge in [0, 0.05) is 0 Å². The summed E-state index contributed by atoms with van der Waals surface area (Å²) in [5.74, 6) is -0.356. The van der Waals surface area contributed by atoms with Crippen molar-refractivity contribution < 1.29 is 18.8 Å². The molecule has 0 saturated carbocycles. The lowest BCUT2D eigenvalue weighted by Crippen LogP contribution is -2.41. The van der Waals surface area contributed by atoms with Gasteiger partial charge in [0.05, 0.1) is 23.9 Å². The molecule has 27 heavy (non-hydrogen) atoms. The Hall–Kier alpha value is -2.37. The van der Waals surface area contributed by atoms with Crippen LogP contribution >= 0.6 is 0 Å². The molecule has 0 unspecified atom stereocenters. The van der Waals surface area contributed by atoms with Crippen LogP contribution in [0.25, 0.3) is 11.5 Å². The van der Waals surface area contributed by atoms with Crippen molar-refractivity contribution in [3.05, 3.63) is 71.3 Å². The topological polar surface area (TPSA) is 44.8 Å². The summed E-state index contributed by atoms with van der Waals surface area (Å²) in [7, 11) is 0.876. The van der Waals surface area contributed by atoms with Crippen LogP contribution in [0.1, 0.15) is 49.2 Å². The normalized spacial score (nSPS) is 18.4. The fraction of sp³-hybridized carbons (Fsp3) is 0.318. The highest BCUT2D eigenvalue weighted by Crippen LogP contribution is 2.41. The van der Waals surface area contributed by atoms with Gasteiger partial charge < -0.3 is 14.0 Å². The summed E-state index contributed by atoms with van der Waals surface area (Å²) in [4.78, 5) is 11.7. The van der Waals surface area contributed by atoms with E-state index in [1.807, 2.05) is 70.2 Å². The molecular weight excluding hydrogens is 339 g/mol. The van der Waals surface area contributed by atoms with Gasteiger partial charge in [-0.25, -0.2) is 4.79 Å². The van der Waals surface area contributed by atoms with Crippen molar-refractivity contribution in [1.29, 1.82) is 0 Å². The van der Waals surface area contributed by atoms with Crippen molar-refractivity contribution in [3.8, 4) is 0 Å². The zero-order valence-corrected chi connectivity index (χ0v) is 16.5. The Morgan fingerprint density at radius 1 is 0.889 bits per heavy atom. The van der Waals surface area contributed by atoms with Gasteiger partial charge in [-0.1, -0.05) is 48.5 Å². The Bertz CT molecular complexity index is 822. The summed E-state index contributed by atoms with van der Waals surface area (Å²) < 4.78 is 17.3. The summed E-state index contributed by atoms with van der Waals surface area (Å²) in [5, 5.41) is 0. The standard InChI is InChI=1S/C22H25BO4/c1-21(2)22(3,4)27-23(26-21)19(15-16-9-7-6-8-10-16)17-11-13-18(14-12-17)20(24)25-5/h6-15H,1-5H3/b19-15-. The predicted molar refractivity (Wildman–Crippen MR) is 108 cm³/mol. The summed E-state index contributed by atoms with van der Waals surface area (Å²) in [6.45, 7) is 8.14. The number of carbonyl (C=O) groups excluding carboxylic acids is 1. The fourth-order valence-corrected chi connectivity index (χ4v) is 2.90. The number of hydrogen-bond acceptors (Lipinski definition) is 4. The molecule has 0 atom stereocenters. The Balaban J connectivity index is 2.02. The Labute approximate surface area is 161 Å². The number of methoxy groups -OCH3 is 1. The summed E-state index contributed by atoms with van der Waals surface area (Å²) in [6.07, 6.45) is 2.06. The number of benzene rings is 2. The minimum atomic E-state index is -0.501. The maximum atomic E-state index is 11.7. The van der Waals surface area contributed by atoms with E-state index in [9.17, 15) is 4.79 Å². The summed E-state index contributed by atoms with van der Waals surface area (Å²) in [5.41, 5.74) is 2.55. The van der Waals surface area contributed by atoms with Crippen LogP contribution in [0.15, 0.2) is 54.6 Å². The van der Waals surface area contributed by atoms with Crippen LogP contribution in [0.2, 0.25) is 0 Å². The van der Waals surface area contributed by atoms with Crippen molar-refractivity contribution in [3.63, 3.8) is 0 Å². The molecule has 1 fully saturated rings. The number of hydrogen-bond donors (Lipinski definition) is 0. The first kappa shape index (κ1) is 19.4. The van der Waals surface area contributed by atoms with Gasteiger partial charge in [-0.3, -0.25) is 0 Å². The molecule has 4 nitrogen and oxygen atoms in total. The zero-order valence-electron chi connectivity index (χ0n) is 16.5. The van der Waals surface area contributed by atoms with Gasteiger partial charge in [-0.15, -0.1) is 0 Å². The molecule has 140 valence electrons. The molecule has 1 aliphatic heterocycles. The van der Waals surface area contributed by atoms with E-state index in [0.29, 0.717) is 5.56 Å². The van der Waals surface area contributed by atoms with Gasteiger partial charge in [0.1, 0.15) is 0 Å². The fourth-order valence-electron chi connectivity index (χ4n) is 2.90. The first-order valence-corrected chi connectivity index (χ1v) is 9.04. The second-order valence-corrected chi connectivity index (χ2v) is 7.67. The highest BCUT2D eigenvalue weighted by molar-refractivity contribution is 6.70. The molecule has 0 bridgehead atoms. The highest BCUT2D eigenvalue weighted by atomic mass is 16.7. The van der Waals surface area contributed by atoms with Crippen molar-refractivity contribution in [2.75, 3.05) is 7.11 Å². The van der Waals surface area contributed by atoms with Crippen molar-refractivity contribution in [2.24, 2.45) is 0 Å². The van der Waals surface area contributed by atoms with Crippen molar-refractivity contribution in [1.82, 2.24) is 0 Å². The quantitative estimate of drug-likeness (QED) is 0.450. The molecule has 2 aromatic rings. The number of rotatable bonds is 4. The Morgan fingerprint density at radius 2 is 1.41 bits per heavy atom. The van der Waals surface area contributed by atoms with Crippen LogP contribution < -0.4 is 0 Å². The first-order chi connectivity index (χ1) is 12.7. The van der Waals surface area contributed by atoms with E-state index in [1.165, 1.54) is 7.11 Å². The van der Waals surface area contributed by atoms with Crippen LogP contribution in [0.4, 0.5) is 0 Å². The maximum absolute atomic E-state index is 11.7. The molecule has 0 spiro atoms. The molecule has 1 aliphatic rings. The Kier molecular flexibility index (Phi) is 5.27. The van der Waals surface area contributed by atoms with Gasteiger partial charge in [0.25, 0.3) is 0 Å². The average molecular weight is 364 g/mol. The second kappa shape index (κ2) is 7.33. The summed E-state index contributed by atoms with van der Waals surface area (Å²) in [6, 6.07) is 17.3. The zero-order chi connectivity index (χ0) is 19.7. The van der Waals surface area contributed by atoms with E-state index in [-0.39, 0.29) is 5.97 Å². The highest BCUT2D eigenvalue weighted by Gasteiger charge is 2.52. The molecule has 5 heteroatoms. The SMILES string of the molecule is COC(=O)c1ccc(/C(=C/c2ccccc2)B2OC(C)(C)C(C)(C)O2)cc1. The number of esters is 1.